The number of para-hydroxylation sites is 2. The van der Waals surface area contributed by atoms with Gasteiger partial charge in [-0.2, -0.15) is 0 Å². The monoisotopic (exact) mass is 211 g/mol. The van der Waals surface area contributed by atoms with E-state index < -0.39 is 0 Å². The van der Waals surface area contributed by atoms with E-state index in [1.807, 2.05) is 36.4 Å². The number of hydrogen-bond donors (Lipinski definition) is 0. The topological polar surface area (TPSA) is 38.7 Å². The van der Waals surface area contributed by atoms with E-state index >= 15 is 0 Å². The van der Waals surface area contributed by atoms with Crippen LogP contribution in [-0.4, -0.2) is 11.5 Å². The molecule has 0 atom stereocenters. The van der Waals surface area contributed by atoms with Crippen LogP contribution in [0.5, 0.6) is 5.75 Å². The standard InChI is InChI=1S/C13H9NO2/c15-12-6-3-5-10-9(12)8-16-13-7-2-1-4-11(13)14-10/h1-5,7-8H,6H2. The first-order valence-electron chi connectivity index (χ1n) is 5.09. The van der Waals surface area contributed by atoms with Crippen molar-refractivity contribution in [2.75, 3.05) is 0 Å². The second-order valence-corrected chi connectivity index (χ2v) is 3.64. The second-order valence-electron chi connectivity index (χ2n) is 3.64. The highest BCUT2D eigenvalue weighted by atomic mass is 16.5. The fraction of sp³-hybridized carbons (Fsp3) is 0.0769. The summed E-state index contributed by atoms with van der Waals surface area (Å²) in [5, 5.41) is 0. The first kappa shape index (κ1) is 9.09. The van der Waals surface area contributed by atoms with Crippen LogP contribution in [-0.2, 0) is 4.79 Å². The van der Waals surface area contributed by atoms with Gasteiger partial charge in [0.15, 0.2) is 11.5 Å². The number of nitrogens with zero attached hydrogens (tertiary/aromatic N) is 1. The van der Waals surface area contributed by atoms with E-state index in [1.54, 1.807) is 0 Å². The third-order valence-corrected chi connectivity index (χ3v) is 2.57. The maximum absolute atomic E-state index is 11.7. The van der Waals surface area contributed by atoms with Crippen molar-refractivity contribution in [2.45, 2.75) is 6.42 Å². The van der Waals surface area contributed by atoms with E-state index in [9.17, 15) is 4.79 Å². The Morgan fingerprint density at radius 2 is 2.12 bits per heavy atom. The second kappa shape index (κ2) is 3.45. The molecule has 2 aliphatic rings. The number of ketones is 1. The maximum Gasteiger partial charge on any atom is 0.171 e. The molecule has 3 nitrogen and oxygen atoms in total. The van der Waals surface area contributed by atoms with Crippen molar-refractivity contribution >= 4 is 17.2 Å². The lowest BCUT2D eigenvalue weighted by atomic mass is 9.99. The molecule has 0 radical (unpaired) electrons. The van der Waals surface area contributed by atoms with E-state index in [0.717, 1.165) is 5.69 Å². The summed E-state index contributed by atoms with van der Waals surface area (Å²) in [6.07, 6.45) is 5.60. The quantitative estimate of drug-likeness (QED) is 0.661. The number of rotatable bonds is 0. The van der Waals surface area contributed by atoms with Gasteiger partial charge in [-0.25, -0.2) is 4.99 Å². The molecule has 16 heavy (non-hydrogen) atoms. The molecule has 78 valence electrons. The molecule has 3 heteroatoms. The number of carbonyl (C=O) groups is 1. The predicted octanol–water partition coefficient (Wildman–Crippen LogP) is 2.56. The summed E-state index contributed by atoms with van der Waals surface area (Å²) in [4.78, 5) is 16.1. The normalized spacial score (nSPS) is 17.6. The lowest BCUT2D eigenvalue weighted by Gasteiger charge is -2.07. The van der Waals surface area contributed by atoms with Crippen LogP contribution in [0.3, 0.4) is 0 Å². The van der Waals surface area contributed by atoms with Crippen LogP contribution in [0.25, 0.3) is 0 Å². The van der Waals surface area contributed by atoms with Gasteiger partial charge in [-0.1, -0.05) is 18.2 Å². The molecule has 0 aromatic heterocycles. The minimum Gasteiger partial charge on any atom is -0.462 e. The Balaban J connectivity index is 2.18. The van der Waals surface area contributed by atoms with Crippen molar-refractivity contribution < 1.29 is 9.53 Å². The van der Waals surface area contributed by atoms with Crippen LogP contribution < -0.4 is 4.74 Å². The minimum atomic E-state index is 0.0501. The Bertz CT molecular complexity index is 553. The first-order valence-corrected chi connectivity index (χ1v) is 5.09. The van der Waals surface area contributed by atoms with E-state index in [4.69, 9.17) is 4.74 Å². The zero-order chi connectivity index (χ0) is 11.0. The van der Waals surface area contributed by atoms with Crippen molar-refractivity contribution in [3.8, 4) is 5.75 Å². The zero-order valence-electron chi connectivity index (χ0n) is 8.51. The molecule has 0 saturated heterocycles. The number of carbonyl (C=O) groups excluding carboxylic acids is 1. The third-order valence-electron chi connectivity index (χ3n) is 2.57. The minimum absolute atomic E-state index is 0.0501. The summed E-state index contributed by atoms with van der Waals surface area (Å²) in [6.45, 7) is 0. The summed E-state index contributed by atoms with van der Waals surface area (Å²) in [7, 11) is 0. The van der Waals surface area contributed by atoms with Crippen LogP contribution in [0.4, 0.5) is 5.69 Å². The van der Waals surface area contributed by atoms with Crippen LogP contribution in [0.2, 0.25) is 0 Å². The molecule has 3 rings (SSSR count). The molecule has 0 bridgehead atoms. The number of aliphatic imine (C=N–C) groups is 1. The highest BCUT2D eigenvalue weighted by Gasteiger charge is 2.20. The van der Waals surface area contributed by atoms with Crippen LogP contribution in [0, 0.1) is 0 Å². The number of Topliss-reactive ketones (excluding diaryl/α,β-unsaturated/α-hetero) is 1. The Morgan fingerprint density at radius 3 is 3.06 bits per heavy atom. The average Bonchev–Trinajstić information content (AvgIpc) is 2.48. The van der Waals surface area contributed by atoms with Gasteiger partial charge in [-0.05, 0) is 18.2 Å². The van der Waals surface area contributed by atoms with Crippen molar-refractivity contribution in [1.29, 1.82) is 0 Å². The molecule has 0 spiro atoms. The Hall–Kier alpha value is -2.16. The molecular formula is C13H9NO2. The van der Waals surface area contributed by atoms with E-state index in [0.29, 0.717) is 23.5 Å². The van der Waals surface area contributed by atoms with Crippen molar-refractivity contribution in [1.82, 2.24) is 0 Å². The average molecular weight is 211 g/mol. The van der Waals surface area contributed by atoms with E-state index in [-0.39, 0.29) is 5.78 Å². The molecule has 0 fully saturated rings. The van der Waals surface area contributed by atoms with Crippen molar-refractivity contribution in [2.24, 2.45) is 4.99 Å². The molecule has 1 aliphatic carbocycles. The van der Waals surface area contributed by atoms with Gasteiger partial charge in [0.05, 0.1) is 11.3 Å². The van der Waals surface area contributed by atoms with Gasteiger partial charge in [-0.3, -0.25) is 4.79 Å². The number of benzene rings is 1. The fourth-order valence-corrected chi connectivity index (χ4v) is 1.75. The third kappa shape index (κ3) is 1.37. The smallest absolute Gasteiger partial charge is 0.171 e. The summed E-state index contributed by atoms with van der Waals surface area (Å²) in [5.41, 5.74) is 1.99. The molecule has 0 saturated carbocycles. The molecule has 1 aromatic rings. The SMILES string of the molecule is O=C1CC=CC2=Nc3ccccc3OC=C12. The first-order chi connectivity index (χ1) is 7.84. The summed E-state index contributed by atoms with van der Waals surface area (Å²) in [5.74, 6) is 0.729. The largest absolute Gasteiger partial charge is 0.462 e. The molecule has 1 aliphatic heterocycles. The Morgan fingerprint density at radius 1 is 1.25 bits per heavy atom. The van der Waals surface area contributed by atoms with Gasteiger partial charge in [0.2, 0.25) is 0 Å². The van der Waals surface area contributed by atoms with Gasteiger partial charge in [0.25, 0.3) is 0 Å². The van der Waals surface area contributed by atoms with Gasteiger partial charge >= 0.3 is 0 Å². The van der Waals surface area contributed by atoms with Crippen LogP contribution in [0.15, 0.2) is 53.2 Å². The highest BCUT2D eigenvalue weighted by Crippen LogP contribution is 2.31. The lowest BCUT2D eigenvalue weighted by molar-refractivity contribution is -0.114. The van der Waals surface area contributed by atoms with Crippen molar-refractivity contribution in [3.63, 3.8) is 0 Å². The number of allylic oxidation sites excluding steroid dienone is 3. The molecule has 1 heterocycles. The Kier molecular flexibility index (Phi) is 1.96. The van der Waals surface area contributed by atoms with Crippen LogP contribution >= 0.6 is 0 Å². The summed E-state index contributed by atoms with van der Waals surface area (Å²) < 4.78 is 5.46. The highest BCUT2D eigenvalue weighted by molar-refractivity contribution is 6.29. The molecule has 0 amide bonds. The summed E-state index contributed by atoms with van der Waals surface area (Å²) in [6, 6.07) is 7.48. The molecular weight excluding hydrogens is 202 g/mol. The van der Waals surface area contributed by atoms with E-state index in [2.05, 4.69) is 4.99 Å². The van der Waals surface area contributed by atoms with Gasteiger partial charge in [-0.15, -0.1) is 0 Å². The Labute approximate surface area is 92.8 Å². The molecule has 0 unspecified atom stereocenters. The van der Waals surface area contributed by atoms with Gasteiger partial charge in [0, 0.05) is 6.42 Å². The summed E-state index contributed by atoms with van der Waals surface area (Å²) >= 11 is 0. The zero-order valence-corrected chi connectivity index (χ0v) is 8.51. The number of hydrogen-bond acceptors (Lipinski definition) is 3. The van der Waals surface area contributed by atoms with E-state index in [1.165, 1.54) is 6.26 Å². The maximum atomic E-state index is 11.7. The number of ether oxygens (including phenoxy) is 1. The lowest BCUT2D eigenvalue weighted by Crippen LogP contribution is -2.14. The van der Waals surface area contributed by atoms with Gasteiger partial charge < -0.3 is 4.74 Å². The molecule has 1 aromatic carbocycles. The number of fused-ring (bicyclic) bond motifs is 2. The predicted molar refractivity (Wildman–Crippen MR) is 61.0 cm³/mol. The van der Waals surface area contributed by atoms with Crippen molar-refractivity contribution in [3.05, 3.63) is 48.3 Å². The van der Waals surface area contributed by atoms with Crippen LogP contribution in [0.1, 0.15) is 6.42 Å². The van der Waals surface area contributed by atoms with Gasteiger partial charge in [0.1, 0.15) is 11.9 Å². The molecule has 0 N–H and O–H groups in total. The fourth-order valence-electron chi connectivity index (χ4n) is 1.75.